The van der Waals surface area contributed by atoms with Gasteiger partial charge in [-0.15, -0.1) is 0 Å². The summed E-state index contributed by atoms with van der Waals surface area (Å²) < 4.78 is 20.8. The number of likely N-dealkylation sites (tertiary alicyclic amines) is 1. The Morgan fingerprint density at radius 3 is 2.88 bits per heavy atom. The molecule has 1 aliphatic heterocycles. The molecule has 7 heteroatoms. The van der Waals surface area contributed by atoms with E-state index in [0.717, 1.165) is 48.6 Å². The van der Waals surface area contributed by atoms with Crippen molar-refractivity contribution < 1.29 is 19.0 Å². The zero-order valence-electron chi connectivity index (χ0n) is 20.1. The van der Waals surface area contributed by atoms with Crippen LogP contribution in [0.1, 0.15) is 63.1 Å². The van der Waals surface area contributed by atoms with Gasteiger partial charge in [0.05, 0.1) is 12.6 Å². The normalized spacial score (nSPS) is 22.1. The van der Waals surface area contributed by atoms with E-state index in [9.17, 15) is 9.90 Å². The maximum absolute atomic E-state index is 15.5. The molecule has 1 aliphatic carbocycles. The number of alkyl halides is 1. The second-order valence-electron chi connectivity index (χ2n) is 9.79. The van der Waals surface area contributed by atoms with Crippen LogP contribution in [0.5, 0.6) is 5.75 Å². The number of rotatable bonds is 13. The fourth-order valence-electron chi connectivity index (χ4n) is 5.21. The number of benzene rings is 1. The molecule has 5 nitrogen and oxygen atoms in total. The molecule has 0 bridgehead atoms. The Labute approximate surface area is 206 Å². The summed E-state index contributed by atoms with van der Waals surface area (Å²) in [6, 6.07) is 7.35. The van der Waals surface area contributed by atoms with E-state index in [1.165, 1.54) is 25.0 Å². The van der Waals surface area contributed by atoms with E-state index in [4.69, 9.17) is 4.74 Å². The van der Waals surface area contributed by atoms with Crippen molar-refractivity contribution >= 4 is 28.6 Å². The second kappa shape index (κ2) is 12.2. The number of carboxylic acids is 1. The summed E-state index contributed by atoms with van der Waals surface area (Å²) in [4.78, 5) is 18.1. The molecule has 1 aromatic heterocycles. The highest BCUT2D eigenvalue weighted by Crippen LogP contribution is 2.37. The number of methoxy groups -OCH3 is 1. The van der Waals surface area contributed by atoms with Crippen molar-refractivity contribution in [3.8, 4) is 5.75 Å². The molecular weight excluding hydrogens is 451 g/mol. The number of thioether (sulfide) groups is 1. The standard InChI is InChI=1S/C27H37FN2O3S/c1-33-21-5-9-26-24(17-21)23(11-13-29-26)25(28)8-3-19-12-15-30(14-2-16-34-22-6-7-22)18-20(19)4-10-27(31)32/h5,9,11,13,17,19-20,22,25H,2-4,6-8,10,12,14-16,18H2,1H3,(H,31,32)/t19-,20-,25-/m1/s1. The lowest BCUT2D eigenvalue weighted by atomic mass is 9.79. The van der Waals surface area contributed by atoms with Crippen molar-refractivity contribution in [3.63, 3.8) is 0 Å². The van der Waals surface area contributed by atoms with Gasteiger partial charge >= 0.3 is 5.97 Å². The second-order valence-corrected chi connectivity index (χ2v) is 11.2. The van der Waals surface area contributed by atoms with Crippen LogP contribution in [0, 0.1) is 11.8 Å². The molecule has 2 aromatic rings. The molecule has 1 aromatic carbocycles. The summed E-state index contributed by atoms with van der Waals surface area (Å²) in [5.74, 6) is 1.88. The van der Waals surface area contributed by atoms with Crippen LogP contribution >= 0.6 is 11.8 Å². The minimum absolute atomic E-state index is 0.195. The first-order chi connectivity index (χ1) is 16.5. The van der Waals surface area contributed by atoms with Gasteiger partial charge in [0, 0.05) is 29.8 Å². The number of ether oxygens (including phenoxy) is 1. The number of halogens is 1. The summed E-state index contributed by atoms with van der Waals surface area (Å²) in [5, 5.41) is 11.0. The Morgan fingerprint density at radius 2 is 2.12 bits per heavy atom. The van der Waals surface area contributed by atoms with Crippen LogP contribution < -0.4 is 4.74 Å². The van der Waals surface area contributed by atoms with Crippen LogP contribution in [0.4, 0.5) is 4.39 Å². The zero-order chi connectivity index (χ0) is 23.9. The van der Waals surface area contributed by atoms with Gasteiger partial charge in [0.25, 0.3) is 0 Å². The monoisotopic (exact) mass is 488 g/mol. The maximum Gasteiger partial charge on any atom is 0.303 e. The molecule has 34 heavy (non-hydrogen) atoms. The molecular formula is C27H37FN2O3S. The molecule has 4 rings (SSSR count). The molecule has 2 heterocycles. The number of fused-ring (bicyclic) bond motifs is 1. The molecule has 0 radical (unpaired) electrons. The Balaban J connectivity index is 1.34. The third kappa shape index (κ3) is 7.08. The topological polar surface area (TPSA) is 62.7 Å². The van der Waals surface area contributed by atoms with E-state index in [1.807, 2.05) is 18.2 Å². The first kappa shape index (κ1) is 25.2. The number of aliphatic carboxylic acids is 1. The van der Waals surface area contributed by atoms with Gasteiger partial charge in [-0.1, -0.05) is 0 Å². The summed E-state index contributed by atoms with van der Waals surface area (Å²) in [5.41, 5.74) is 1.44. The van der Waals surface area contributed by atoms with E-state index in [2.05, 4.69) is 21.6 Å². The molecule has 2 aliphatic rings. The van der Waals surface area contributed by atoms with Crippen LogP contribution in [0.25, 0.3) is 10.9 Å². The largest absolute Gasteiger partial charge is 0.497 e. The van der Waals surface area contributed by atoms with E-state index in [0.29, 0.717) is 36.0 Å². The van der Waals surface area contributed by atoms with Crippen molar-refractivity contribution in [2.45, 2.75) is 62.8 Å². The van der Waals surface area contributed by atoms with E-state index >= 15 is 4.39 Å². The highest BCUT2D eigenvalue weighted by molar-refractivity contribution is 8.00. The average molecular weight is 489 g/mol. The molecule has 0 spiro atoms. The summed E-state index contributed by atoms with van der Waals surface area (Å²) in [6.45, 7) is 3.07. The van der Waals surface area contributed by atoms with Crippen molar-refractivity contribution in [1.82, 2.24) is 9.88 Å². The Hall–Kier alpha value is -1.86. The smallest absolute Gasteiger partial charge is 0.303 e. The number of carboxylic acid groups (broad SMARTS) is 1. The summed E-state index contributed by atoms with van der Waals surface area (Å²) in [7, 11) is 1.61. The Bertz CT molecular complexity index is 955. The number of carbonyl (C=O) groups is 1. The van der Waals surface area contributed by atoms with Gasteiger partial charge in [0.2, 0.25) is 0 Å². The molecule has 0 unspecified atom stereocenters. The van der Waals surface area contributed by atoms with Crippen LogP contribution in [0.3, 0.4) is 0 Å². The molecule has 186 valence electrons. The van der Waals surface area contributed by atoms with Crippen LogP contribution in [0.15, 0.2) is 30.5 Å². The fourth-order valence-corrected chi connectivity index (χ4v) is 6.31. The first-order valence-corrected chi connectivity index (χ1v) is 13.7. The van der Waals surface area contributed by atoms with Crippen molar-refractivity contribution in [2.24, 2.45) is 11.8 Å². The van der Waals surface area contributed by atoms with Gasteiger partial charge in [-0.25, -0.2) is 4.39 Å². The predicted octanol–water partition coefficient (Wildman–Crippen LogP) is 6.12. The van der Waals surface area contributed by atoms with Gasteiger partial charge in [0.15, 0.2) is 0 Å². The third-order valence-corrected chi connectivity index (χ3v) is 8.78. The molecule has 1 N–H and O–H groups in total. The fraction of sp³-hybridized carbons (Fsp3) is 0.630. The van der Waals surface area contributed by atoms with Gasteiger partial charge < -0.3 is 14.7 Å². The van der Waals surface area contributed by atoms with E-state index in [-0.39, 0.29) is 6.42 Å². The molecule has 0 amide bonds. The van der Waals surface area contributed by atoms with E-state index in [1.54, 1.807) is 19.4 Å². The Kier molecular flexibility index (Phi) is 9.06. The van der Waals surface area contributed by atoms with Crippen molar-refractivity contribution in [1.29, 1.82) is 0 Å². The summed E-state index contributed by atoms with van der Waals surface area (Å²) in [6.07, 6.45) is 7.69. The molecule has 3 atom stereocenters. The minimum atomic E-state index is -1.07. The van der Waals surface area contributed by atoms with Gasteiger partial charge in [-0.05, 0) is 105 Å². The Morgan fingerprint density at radius 1 is 1.26 bits per heavy atom. The van der Waals surface area contributed by atoms with Crippen molar-refractivity contribution in [2.75, 3.05) is 32.5 Å². The van der Waals surface area contributed by atoms with Gasteiger partial charge in [0.1, 0.15) is 11.9 Å². The predicted molar refractivity (Wildman–Crippen MR) is 136 cm³/mol. The lowest BCUT2D eigenvalue weighted by molar-refractivity contribution is -0.137. The molecule has 1 saturated carbocycles. The van der Waals surface area contributed by atoms with Gasteiger partial charge in [-0.2, -0.15) is 11.8 Å². The quantitative estimate of drug-likeness (QED) is 0.343. The number of nitrogens with zero attached hydrogens (tertiary/aromatic N) is 2. The van der Waals surface area contributed by atoms with Crippen LogP contribution in [-0.2, 0) is 4.79 Å². The SMILES string of the molecule is COc1ccc2nccc([C@H](F)CC[C@@H]3CCN(CCCSC4CC4)C[C@H]3CCC(=O)O)c2c1. The lowest BCUT2D eigenvalue weighted by Crippen LogP contribution is -2.41. The van der Waals surface area contributed by atoms with E-state index < -0.39 is 12.1 Å². The van der Waals surface area contributed by atoms with Gasteiger partial charge in [-0.3, -0.25) is 9.78 Å². The number of hydrogen-bond donors (Lipinski definition) is 1. The minimum Gasteiger partial charge on any atom is -0.497 e. The zero-order valence-corrected chi connectivity index (χ0v) is 20.9. The summed E-state index contributed by atoms with van der Waals surface area (Å²) >= 11 is 2.10. The first-order valence-electron chi connectivity index (χ1n) is 12.7. The molecule has 2 fully saturated rings. The van der Waals surface area contributed by atoms with Crippen LogP contribution in [0.2, 0.25) is 0 Å². The average Bonchev–Trinajstić information content (AvgIpc) is 3.68. The number of piperidine rings is 1. The number of aromatic nitrogens is 1. The lowest BCUT2D eigenvalue weighted by Gasteiger charge is -2.39. The number of hydrogen-bond acceptors (Lipinski definition) is 5. The highest BCUT2D eigenvalue weighted by atomic mass is 32.2. The highest BCUT2D eigenvalue weighted by Gasteiger charge is 2.30. The van der Waals surface area contributed by atoms with Crippen LogP contribution in [-0.4, -0.2) is 58.7 Å². The number of pyridine rings is 1. The molecule has 1 saturated heterocycles. The third-order valence-electron chi connectivity index (χ3n) is 7.31. The maximum atomic E-state index is 15.5. The van der Waals surface area contributed by atoms with Crippen molar-refractivity contribution in [3.05, 3.63) is 36.0 Å².